The molecule has 3 aromatic heterocycles. The van der Waals surface area contributed by atoms with Crippen LogP contribution >= 0.6 is 0 Å². The third kappa shape index (κ3) is 5.13. The van der Waals surface area contributed by atoms with Crippen molar-refractivity contribution in [3.8, 4) is 0 Å². The number of aryl methyl sites for hydroxylation is 1. The van der Waals surface area contributed by atoms with Crippen molar-refractivity contribution in [3.05, 3.63) is 112 Å². The first kappa shape index (κ1) is 23.7. The minimum atomic E-state index is -0.151. The Balaban J connectivity index is 1.53. The van der Waals surface area contributed by atoms with E-state index in [1.807, 2.05) is 60.1 Å². The summed E-state index contributed by atoms with van der Waals surface area (Å²) in [4.78, 5) is 18.4. The van der Waals surface area contributed by atoms with Gasteiger partial charge in [0.05, 0.1) is 25.4 Å². The number of hydrogen-bond donors (Lipinski definition) is 1. The van der Waals surface area contributed by atoms with Gasteiger partial charge < -0.3 is 9.40 Å². The van der Waals surface area contributed by atoms with Crippen LogP contribution in [0.5, 0.6) is 0 Å². The number of nitrogens with zero attached hydrogens (tertiary/aromatic N) is 5. The van der Waals surface area contributed by atoms with E-state index in [0.717, 1.165) is 33.6 Å². The lowest BCUT2D eigenvalue weighted by Gasteiger charge is -2.33. The summed E-state index contributed by atoms with van der Waals surface area (Å²) in [5, 5.41) is 13.8. The minimum Gasteiger partial charge on any atom is -0.468 e. The van der Waals surface area contributed by atoms with Gasteiger partial charge in [0.2, 0.25) is 0 Å². The van der Waals surface area contributed by atoms with Crippen LogP contribution in [0.2, 0.25) is 0 Å². The first-order valence-electron chi connectivity index (χ1n) is 12.2. The summed E-state index contributed by atoms with van der Waals surface area (Å²) in [5.74, 6) is 1.74. The summed E-state index contributed by atoms with van der Waals surface area (Å²) in [6.07, 6.45) is 1.67. The first-order chi connectivity index (χ1) is 17.5. The summed E-state index contributed by atoms with van der Waals surface area (Å²) in [6, 6.07) is 21.9. The molecule has 0 aliphatic heterocycles. The van der Waals surface area contributed by atoms with Gasteiger partial charge in [-0.25, -0.2) is 4.68 Å². The summed E-state index contributed by atoms with van der Waals surface area (Å²) in [6.45, 7) is 7.81. The number of rotatable bonds is 9. The molecule has 0 bridgehead atoms. The zero-order chi connectivity index (χ0) is 25.1. The monoisotopic (exact) mass is 482 g/mol. The van der Waals surface area contributed by atoms with Gasteiger partial charge in [0.1, 0.15) is 5.76 Å². The summed E-state index contributed by atoms with van der Waals surface area (Å²) >= 11 is 0. The van der Waals surface area contributed by atoms with Crippen molar-refractivity contribution in [3.63, 3.8) is 0 Å². The van der Waals surface area contributed by atoms with Gasteiger partial charge in [-0.05, 0) is 64.0 Å². The highest BCUT2D eigenvalue weighted by Crippen LogP contribution is 2.30. The van der Waals surface area contributed by atoms with Crippen LogP contribution in [-0.2, 0) is 19.6 Å². The highest BCUT2D eigenvalue weighted by atomic mass is 16.3. The normalized spacial score (nSPS) is 12.6. The topological polar surface area (TPSA) is 92.8 Å². The second-order valence-electron chi connectivity index (χ2n) is 9.57. The molecule has 2 aromatic carbocycles. The van der Waals surface area contributed by atoms with Crippen LogP contribution in [0.25, 0.3) is 10.9 Å². The van der Waals surface area contributed by atoms with Gasteiger partial charge in [-0.15, -0.1) is 5.10 Å². The Kier molecular flexibility index (Phi) is 6.77. The predicted molar refractivity (Wildman–Crippen MR) is 138 cm³/mol. The standard InChI is InChI=1S/C28H30N6O2/c1-19(2)26(27-30-31-32-34(27)16-21-8-5-4-6-9-21)33(18-24-10-7-13-36-24)17-23-15-22-12-11-20(3)14-25(22)29-28(23)35/h4-15,19,26H,16-18H2,1-3H3,(H,29,35)/t26-/m0/s1. The molecule has 0 saturated heterocycles. The van der Waals surface area contributed by atoms with Gasteiger partial charge in [-0.3, -0.25) is 9.69 Å². The number of aromatic amines is 1. The van der Waals surface area contributed by atoms with Crippen molar-refractivity contribution in [1.82, 2.24) is 30.1 Å². The second-order valence-corrected chi connectivity index (χ2v) is 9.57. The van der Waals surface area contributed by atoms with Crippen LogP contribution in [0.15, 0.2) is 82.2 Å². The highest BCUT2D eigenvalue weighted by molar-refractivity contribution is 5.79. The molecule has 0 saturated carbocycles. The Hall–Kier alpha value is -4.04. The minimum absolute atomic E-state index is 0.0936. The van der Waals surface area contributed by atoms with Crippen LogP contribution in [0.4, 0.5) is 0 Å². The lowest BCUT2D eigenvalue weighted by molar-refractivity contribution is 0.116. The van der Waals surface area contributed by atoms with Crippen molar-refractivity contribution in [2.75, 3.05) is 0 Å². The zero-order valence-corrected chi connectivity index (χ0v) is 20.8. The molecular weight excluding hydrogens is 452 g/mol. The molecule has 0 spiro atoms. The molecule has 5 rings (SSSR count). The van der Waals surface area contributed by atoms with E-state index >= 15 is 0 Å². The highest BCUT2D eigenvalue weighted by Gasteiger charge is 2.30. The van der Waals surface area contributed by atoms with E-state index in [1.54, 1.807) is 6.26 Å². The maximum atomic E-state index is 13.1. The van der Waals surface area contributed by atoms with Crippen molar-refractivity contribution < 1.29 is 4.42 Å². The van der Waals surface area contributed by atoms with E-state index in [2.05, 4.69) is 57.5 Å². The Morgan fingerprint density at radius 1 is 1.03 bits per heavy atom. The third-order valence-electron chi connectivity index (χ3n) is 6.42. The molecule has 0 unspecified atom stereocenters. The van der Waals surface area contributed by atoms with E-state index in [4.69, 9.17) is 4.42 Å². The van der Waals surface area contributed by atoms with Gasteiger partial charge in [-0.2, -0.15) is 0 Å². The molecule has 1 N–H and O–H groups in total. The zero-order valence-electron chi connectivity index (χ0n) is 20.8. The van der Waals surface area contributed by atoms with Gasteiger partial charge in [-0.1, -0.05) is 56.3 Å². The maximum Gasteiger partial charge on any atom is 0.252 e. The van der Waals surface area contributed by atoms with Crippen molar-refractivity contribution in [2.45, 2.75) is 46.4 Å². The van der Waals surface area contributed by atoms with Gasteiger partial charge in [0.25, 0.3) is 5.56 Å². The summed E-state index contributed by atoms with van der Waals surface area (Å²) < 4.78 is 7.55. The van der Waals surface area contributed by atoms with Crippen LogP contribution in [0.3, 0.4) is 0 Å². The number of hydrogen-bond acceptors (Lipinski definition) is 6. The lowest BCUT2D eigenvalue weighted by Crippen LogP contribution is -2.35. The number of tetrazole rings is 1. The van der Waals surface area contributed by atoms with Gasteiger partial charge >= 0.3 is 0 Å². The number of nitrogens with one attached hydrogen (secondary N) is 1. The van der Waals surface area contributed by atoms with Crippen LogP contribution in [0, 0.1) is 12.8 Å². The van der Waals surface area contributed by atoms with Gasteiger partial charge in [0.15, 0.2) is 5.82 Å². The van der Waals surface area contributed by atoms with E-state index in [0.29, 0.717) is 25.2 Å². The molecule has 0 aliphatic rings. The summed E-state index contributed by atoms with van der Waals surface area (Å²) in [5.41, 5.74) is 3.66. The Labute approximate surface area is 209 Å². The molecule has 0 fully saturated rings. The number of benzene rings is 2. The number of fused-ring (bicyclic) bond motifs is 1. The van der Waals surface area contributed by atoms with E-state index in [9.17, 15) is 4.79 Å². The third-order valence-corrected chi connectivity index (χ3v) is 6.42. The van der Waals surface area contributed by atoms with E-state index < -0.39 is 0 Å². The van der Waals surface area contributed by atoms with Crippen molar-refractivity contribution in [1.29, 1.82) is 0 Å². The van der Waals surface area contributed by atoms with Crippen LogP contribution in [-0.4, -0.2) is 30.1 Å². The molecule has 36 heavy (non-hydrogen) atoms. The SMILES string of the molecule is Cc1ccc2cc(CN(Cc3ccco3)[C@H](c3nnnn3Cc3ccccc3)C(C)C)c(=O)[nH]c2c1. The van der Waals surface area contributed by atoms with Crippen molar-refractivity contribution >= 4 is 10.9 Å². The van der Waals surface area contributed by atoms with E-state index in [1.165, 1.54) is 0 Å². The van der Waals surface area contributed by atoms with E-state index in [-0.39, 0.29) is 17.5 Å². The largest absolute Gasteiger partial charge is 0.468 e. The molecule has 0 amide bonds. The molecule has 184 valence electrons. The van der Waals surface area contributed by atoms with Crippen molar-refractivity contribution in [2.24, 2.45) is 5.92 Å². The smallest absolute Gasteiger partial charge is 0.252 e. The predicted octanol–water partition coefficient (Wildman–Crippen LogP) is 4.86. The average molecular weight is 483 g/mol. The Morgan fingerprint density at radius 2 is 1.86 bits per heavy atom. The molecular formula is C28H30N6O2. The van der Waals surface area contributed by atoms with Gasteiger partial charge in [0, 0.05) is 17.6 Å². The molecule has 3 heterocycles. The summed E-state index contributed by atoms with van der Waals surface area (Å²) in [7, 11) is 0. The van der Waals surface area contributed by atoms with Crippen LogP contribution < -0.4 is 5.56 Å². The maximum absolute atomic E-state index is 13.1. The average Bonchev–Trinajstić information content (AvgIpc) is 3.53. The number of aromatic nitrogens is 5. The fraction of sp³-hybridized carbons (Fsp3) is 0.286. The fourth-order valence-corrected chi connectivity index (χ4v) is 4.73. The number of furan rings is 1. The second kappa shape index (κ2) is 10.3. The molecule has 1 atom stereocenters. The quantitative estimate of drug-likeness (QED) is 0.322. The molecule has 0 radical (unpaired) electrons. The van der Waals surface area contributed by atoms with Crippen LogP contribution in [0.1, 0.15) is 48.2 Å². The lowest BCUT2D eigenvalue weighted by atomic mass is 10.00. The Bertz CT molecular complexity index is 1490. The molecule has 0 aliphatic carbocycles. The number of H-pyrrole nitrogens is 1. The first-order valence-corrected chi connectivity index (χ1v) is 12.2. The molecule has 5 aromatic rings. The fourth-order valence-electron chi connectivity index (χ4n) is 4.73. The number of pyridine rings is 1. The Morgan fingerprint density at radius 3 is 2.61 bits per heavy atom. The molecule has 8 nitrogen and oxygen atoms in total. The molecule has 8 heteroatoms.